The molecule has 0 radical (unpaired) electrons. The highest BCUT2D eigenvalue weighted by molar-refractivity contribution is 6.07. The van der Waals surface area contributed by atoms with E-state index in [0.29, 0.717) is 11.4 Å². The number of anilines is 2. The molecule has 0 aliphatic heterocycles. The summed E-state index contributed by atoms with van der Waals surface area (Å²) in [4.78, 5) is 16.6. The molecule has 1 aromatic heterocycles. The number of nitrogens with one attached hydrogen (secondary N) is 2. The lowest BCUT2D eigenvalue weighted by Gasteiger charge is -2.12. The van der Waals surface area contributed by atoms with Gasteiger partial charge in [0.1, 0.15) is 5.82 Å². The number of benzene rings is 1. The van der Waals surface area contributed by atoms with Gasteiger partial charge in [0.05, 0.1) is 5.56 Å². The summed E-state index contributed by atoms with van der Waals surface area (Å²) in [7, 11) is 0. The first-order valence-electron chi connectivity index (χ1n) is 7.18. The second-order valence-electron chi connectivity index (χ2n) is 5.15. The monoisotopic (exact) mass is 283 g/mol. The normalized spacial score (nSPS) is 10.2. The maximum atomic E-state index is 12.5. The number of amides is 1. The number of hydrogen-bond acceptors (Lipinski definition) is 3. The van der Waals surface area contributed by atoms with Crippen molar-refractivity contribution in [2.45, 2.75) is 27.2 Å². The molecule has 1 heterocycles. The molecule has 0 unspecified atom stereocenters. The van der Waals surface area contributed by atoms with Crippen LogP contribution in [0.1, 0.15) is 34.8 Å². The van der Waals surface area contributed by atoms with E-state index in [1.54, 1.807) is 6.20 Å². The summed E-state index contributed by atoms with van der Waals surface area (Å²) in [6, 6.07) is 9.59. The van der Waals surface area contributed by atoms with Crippen molar-refractivity contribution in [2.24, 2.45) is 0 Å². The van der Waals surface area contributed by atoms with Crippen LogP contribution in [0.2, 0.25) is 0 Å². The Morgan fingerprint density at radius 1 is 1.14 bits per heavy atom. The third-order valence-electron chi connectivity index (χ3n) is 3.14. The second-order valence-corrected chi connectivity index (χ2v) is 5.15. The molecule has 0 atom stereocenters. The van der Waals surface area contributed by atoms with Crippen molar-refractivity contribution in [3.63, 3.8) is 0 Å². The quantitative estimate of drug-likeness (QED) is 0.878. The standard InChI is InChI=1S/C17H21N3O/c1-4-8-18-15-6-5-12(2)10-14(15)17(21)20-16-11-13(3)7-9-19-16/h5-7,9-11,18H,4,8H2,1-3H3,(H,19,20,21). The summed E-state index contributed by atoms with van der Waals surface area (Å²) in [6.07, 6.45) is 2.70. The maximum absolute atomic E-state index is 12.5. The lowest BCUT2D eigenvalue weighted by molar-refractivity contribution is 0.102. The van der Waals surface area contributed by atoms with E-state index in [1.165, 1.54) is 0 Å². The van der Waals surface area contributed by atoms with E-state index in [4.69, 9.17) is 0 Å². The molecule has 4 heteroatoms. The van der Waals surface area contributed by atoms with Gasteiger partial charge >= 0.3 is 0 Å². The Balaban J connectivity index is 2.23. The Morgan fingerprint density at radius 2 is 1.90 bits per heavy atom. The van der Waals surface area contributed by atoms with Crippen LogP contribution in [0.5, 0.6) is 0 Å². The molecule has 0 aliphatic carbocycles. The Labute approximate surface area is 125 Å². The average Bonchev–Trinajstić information content (AvgIpc) is 2.46. The molecule has 0 fully saturated rings. The van der Waals surface area contributed by atoms with Gasteiger partial charge in [-0.25, -0.2) is 4.98 Å². The van der Waals surface area contributed by atoms with Gasteiger partial charge in [-0.2, -0.15) is 0 Å². The fourth-order valence-corrected chi connectivity index (χ4v) is 2.05. The highest BCUT2D eigenvalue weighted by atomic mass is 16.1. The van der Waals surface area contributed by atoms with E-state index in [1.807, 2.05) is 44.2 Å². The van der Waals surface area contributed by atoms with Gasteiger partial charge in [0, 0.05) is 18.4 Å². The van der Waals surface area contributed by atoms with Crippen molar-refractivity contribution < 1.29 is 4.79 Å². The van der Waals surface area contributed by atoms with E-state index in [0.717, 1.165) is 29.8 Å². The summed E-state index contributed by atoms with van der Waals surface area (Å²) < 4.78 is 0. The molecule has 2 N–H and O–H groups in total. The number of aryl methyl sites for hydroxylation is 2. The molecule has 0 saturated carbocycles. The van der Waals surface area contributed by atoms with Gasteiger partial charge < -0.3 is 10.6 Å². The maximum Gasteiger partial charge on any atom is 0.258 e. The smallest absolute Gasteiger partial charge is 0.258 e. The van der Waals surface area contributed by atoms with Gasteiger partial charge in [0.2, 0.25) is 0 Å². The van der Waals surface area contributed by atoms with Crippen LogP contribution in [0.3, 0.4) is 0 Å². The SMILES string of the molecule is CCCNc1ccc(C)cc1C(=O)Nc1cc(C)ccn1. The van der Waals surface area contributed by atoms with Crippen molar-refractivity contribution in [3.8, 4) is 0 Å². The zero-order valence-electron chi connectivity index (χ0n) is 12.7. The molecular weight excluding hydrogens is 262 g/mol. The van der Waals surface area contributed by atoms with Crippen molar-refractivity contribution in [1.82, 2.24) is 4.98 Å². The zero-order valence-corrected chi connectivity index (χ0v) is 12.7. The molecule has 0 bridgehead atoms. The van der Waals surface area contributed by atoms with Gasteiger partial charge in [-0.05, 0) is 50.1 Å². The minimum Gasteiger partial charge on any atom is -0.384 e. The molecule has 2 aromatic rings. The van der Waals surface area contributed by atoms with E-state index >= 15 is 0 Å². The van der Waals surface area contributed by atoms with Crippen LogP contribution < -0.4 is 10.6 Å². The first-order valence-corrected chi connectivity index (χ1v) is 7.18. The van der Waals surface area contributed by atoms with Crippen molar-refractivity contribution in [2.75, 3.05) is 17.2 Å². The van der Waals surface area contributed by atoms with Crippen LogP contribution in [0.25, 0.3) is 0 Å². The van der Waals surface area contributed by atoms with Crippen molar-refractivity contribution in [1.29, 1.82) is 0 Å². The molecule has 4 nitrogen and oxygen atoms in total. The number of carbonyl (C=O) groups excluding carboxylic acids is 1. The number of hydrogen-bond donors (Lipinski definition) is 2. The van der Waals surface area contributed by atoms with Crippen molar-refractivity contribution >= 4 is 17.4 Å². The van der Waals surface area contributed by atoms with Crippen molar-refractivity contribution in [3.05, 3.63) is 53.2 Å². The third-order valence-corrected chi connectivity index (χ3v) is 3.14. The Kier molecular flexibility index (Phi) is 4.93. The minimum absolute atomic E-state index is 0.143. The number of carbonyl (C=O) groups is 1. The summed E-state index contributed by atoms with van der Waals surface area (Å²) >= 11 is 0. The topological polar surface area (TPSA) is 54.0 Å². The molecular formula is C17H21N3O. The lowest BCUT2D eigenvalue weighted by Crippen LogP contribution is -2.16. The average molecular weight is 283 g/mol. The molecule has 0 spiro atoms. The van der Waals surface area contributed by atoms with Gasteiger partial charge in [-0.1, -0.05) is 18.6 Å². The van der Waals surface area contributed by atoms with Gasteiger partial charge in [0.15, 0.2) is 0 Å². The summed E-state index contributed by atoms with van der Waals surface area (Å²) in [5.74, 6) is 0.429. The van der Waals surface area contributed by atoms with Crippen LogP contribution >= 0.6 is 0 Å². The number of aromatic nitrogens is 1. The molecule has 2 rings (SSSR count). The predicted octanol–water partition coefficient (Wildman–Crippen LogP) is 3.77. The highest BCUT2D eigenvalue weighted by Crippen LogP contribution is 2.19. The third kappa shape index (κ3) is 4.05. The number of rotatable bonds is 5. The number of pyridine rings is 1. The fraction of sp³-hybridized carbons (Fsp3) is 0.294. The van der Waals surface area contributed by atoms with Crippen LogP contribution in [0.4, 0.5) is 11.5 Å². The Hall–Kier alpha value is -2.36. The molecule has 1 amide bonds. The lowest BCUT2D eigenvalue weighted by atomic mass is 10.1. The van der Waals surface area contributed by atoms with E-state index < -0.39 is 0 Å². The first-order chi connectivity index (χ1) is 10.1. The molecule has 0 saturated heterocycles. The summed E-state index contributed by atoms with van der Waals surface area (Å²) in [5.41, 5.74) is 3.62. The number of nitrogens with zero attached hydrogens (tertiary/aromatic N) is 1. The Bertz CT molecular complexity index is 638. The fourth-order valence-electron chi connectivity index (χ4n) is 2.05. The zero-order chi connectivity index (χ0) is 15.2. The predicted molar refractivity (Wildman–Crippen MR) is 86.9 cm³/mol. The van der Waals surface area contributed by atoms with Crippen LogP contribution in [-0.2, 0) is 0 Å². The highest BCUT2D eigenvalue weighted by Gasteiger charge is 2.12. The molecule has 21 heavy (non-hydrogen) atoms. The van der Waals surface area contributed by atoms with Crippen LogP contribution in [-0.4, -0.2) is 17.4 Å². The van der Waals surface area contributed by atoms with E-state index in [9.17, 15) is 4.79 Å². The largest absolute Gasteiger partial charge is 0.384 e. The summed E-state index contributed by atoms with van der Waals surface area (Å²) in [6.45, 7) is 6.88. The summed E-state index contributed by atoms with van der Waals surface area (Å²) in [5, 5.41) is 6.14. The molecule has 0 aliphatic rings. The van der Waals surface area contributed by atoms with Gasteiger partial charge in [0.25, 0.3) is 5.91 Å². The van der Waals surface area contributed by atoms with E-state index in [2.05, 4.69) is 22.5 Å². The van der Waals surface area contributed by atoms with Gasteiger partial charge in [-0.3, -0.25) is 4.79 Å². The first kappa shape index (κ1) is 15.0. The van der Waals surface area contributed by atoms with Crippen LogP contribution in [0.15, 0.2) is 36.5 Å². The van der Waals surface area contributed by atoms with Gasteiger partial charge in [-0.15, -0.1) is 0 Å². The molecule has 1 aromatic carbocycles. The molecule has 110 valence electrons. The second kappa shape index (κ2) is 6.88. The Morgan fingerprint density at radius 3 is 2.62 bits per heavy atom. The van der Waals surface area contributed by atoms with E-state index in [-0.39, 0.29) is 5.91 Å². The van der Waals surface area contributed by atoms with Crippen LogP contribution in [0, 0.1) is 13.8 Å². The minimum atomic E-state index is -0.143.